The van der Waals surface area contributed by atoms with Gasteiger partial charge < -0.3 is 20.8 Å². The maximum absolute atomic E-state index is 13.6. The van der Waals surface area contributed by atoms with E-state index < -0.39 is 41.2 Å². The van der Waals surface area contributed by atoms with Crippen LogP contribution in [-0.4, -0.2) is 40.8 Å². The van der Waals surface area contributed by atoms with Gasteiger partial charge in [-0.05, 0) is 48.6 Å². The normalized spacial score (nSPS) is 14.9. The fraction of sp³-hybridized carbons (Fsp3) is 0.417. The van der Waals surface area contributed by atoms with E-state index in [2.05, 4.69) is 10.6 Å². The number of carboxylic acid groups (broad SMARTS) is 1. The molecule has 0 unspecified atom stereocenters. The topological polar surface area (TPSA) is 98.7 Å². The molecule has 6 nitrogen and oxygen atoms in total. The Morgan fingerprint density at radius 3 is 2.31 bits per heavy atom. The van der Waals surface area contributed by atoms with Gasteiger partial charge in [0.05, 0.1) is 24.1 Å². The lowest BCUT2D eigenvalue weighted by molar-refractivity contribution is -0.138. The van der Waals surface area contributed by atoms with Crippen LogP contribution in [0.3, 0.4) is 0 Å². The maximum Gasteiger partial charge on any atom is 0.305 e. The molecule has 8 heteroatoms. The monoisotopic (exact) mass is 448 g/mol. The average molecular weight is 449 g/mol. The van der Waals surface area contributed by atoms with Crippen molar-refractivity contribution in [2.75, 3.05) is 6.54 Å². The maximum atomic E-state index is 13.6. The number of aryl methyl sites for hydroxylation is 1. The number of aliphatic carboxylic acids is 1. The first-order valence-electron chi connectivity index (χ1n) is 10.5. The minimum atomic E-state index is -1.15. The molecule has 4 N–H and O–H groups in total. The van der Waals surface area contributed by atoms with Crippen molar-refractivity contribution in [3.05, 3.63) is 70.8 Å². The molecule has 2 rings (SSSR count). The van der Waals surface area contributed by atoms with Gasteiger partial charge in [-0.25, -0.2) is 8.78 Å². The second-order valence-corrected chi connectivity index (χ2v) is 8.19. The molecule has 0 aliphatic heterocycles. The zero-order valence-corrected chi connectivity index (χ0v) is 18.5. The van der Waals surface area contributed by atoms with E-state index in [9.17, 15) is 28.6 Å². The Bertz CT molecular complexity index is 933. The molecule has 0 aromatic heterocycles. The quantitative estimate of drug-likeness (QED) is 0.424. The van der Waals surface area contributed by atoms with Crippen LogP contribution in [0.5, 0.6) is 0 Å². The van der Waals surface area contributed by atoms with Crippen LogP contribution in [0.2, 0.25) is 0 Å². The molecule has 0 saturated carbocycles. The molecule has 2 aromatic carbocycles. The Morgan fingerprint density at radius 1 is 1.09 bits per heavy atom. The second kappa shape index (κ2) is 11.2. The number of hydrogen-bond donors (Lipinski definition) is 4. The van der Waals surface area contributed by atoms with Crippen LogP contribution < -0.4 is 10.6 Å². The number of hydrogen-bond acceptors (Lipinski definition) is 4. The lowest BCUT2D eigenvalue weighted by Crippen LogP contribution is -2.52. The van der Waals surface area contributed by atoms with Crippen LogP contribution in [0.4, 0.5) is 8.78 Å². The molecule has 0 radical (unpaired) electrons. The zero-order valence-electron chi connectivity index (χ0n) is 18.5. The van der Waals surface area contributed by atoms with E-state index in [1.165, 1.54) is 6.92 Å². The van der Waals surface area contributed by atoms with E-state index in [1.54, 1.807) is 6.92 Å². The SMILES string of the molecule is CCc1cccc([C@](C)(CC(=O)O)NC[C@@H](O)[C@H](Cc2cc(F)cc(F)c2)NC(C)=O)c1. The van der Waals surface area contributed by atoms with E-state index in [0.29, 0.717) is 0 Å². The summed E-state index contributed by atoms with van der Waals surface area (Å²) in [6.07, 6.45) is -0.591. The number of aliphatic hydroxyl groups excluding tert-OH is 1. The van der Waals surface area contributed by atoms with Crippen molar-refractivity contribution in [1.29, 1.82) is 0 Å². The van der Waals surface area contributed by atoms with Crippen LogP contribution in [0.1, 0.15) is 43.9 Å². The van der Waals surface area contributed by atoms with E-state index in [1.807, 2.05) is 31.2 Å². The summed E-state index contributed by atoms with van der Waals surface area (Å²) in [6.45, 7) is 4.96. The third-order valence-corrected chi connectivity index (χ3v) is 5.41. The standard InChI is InChI=1S/C24H30F2N2O4/c1-4-16-6-5-7-18(8-16)24(3,13-23(31)32)27-14-22(30)21(28-15(2)29)11-17-9-19(25)12-20(26)10-17/h5-10,12,21-22,27,30H,4,11,13-14H2,1-3H3,(H,28,29)(H,31,32)/t21-,22+,24-/m0/s1. The first-order chi connectivity index (χ1) is 15.0. The number of amides is 1. The summed E-state index contributed by atoms with van der Waals surface area (Å²) < 4.78 is 27.1. The summed E-state index contributed by atoms with van der Waals surface area (Å²) >= 11 is 0. The summed E-state index contributed by atoms with van der Waals surface area (Å²) in [5.41, 5.74) is 1.11. The summed E-state index contributed by atoms with van der Waals surface area (Å²) in [7, 11) is 0. The third-order valence-electron chi connectivity index (χ3n) is 5.41. The molecule has 0 aliphatic carbocycles. The van der Waals surface area contributed by atoms with Gasteiger partial charge in [-0.15, -0.1) is 0 Å². The molecule has 1 amide bonds. The number of halogens is 2. The summed E-state index contributed by atoms with van der Waals surface area (Å²) in [5.74, 6) is -2.92. The third kappa shape index (κ3) is 7.39. The lowest BCUT2D eigenvalue weighted by atomic mass is 9.86. The first-order valence-corrected chi connectivity index (χ1v) is 10.5. The molecule has 0 fully saturated rings. The summed E-state index contributed by atoms with van der Waals surface area (Å²) in [5, 5.41) is 26.0. The van der Waals surface area contributed by atoms with E-state index in [0.717, 1.165) is 35.7 Å². The Hall–Kier alpha value is -2.84. The van der Waals surface area contributed by atoms with Crippen LogP contribution in [-0.2, 0) is 28.0 Å². The Balaban J connectivity index is 2.22. The number of carboxylic acids is 1. The number of carbonyl (C=O) groups excluding carboxylic acids is 1. The predicted octanol–water partition coefficient (Wildman–Crippen LogP) is 2.92. The molecule has 0 aliphatic rings. The number of carbonyl (C=O) groups is 2. The van der Waals surface area contributed by atoms with Gasteiger partial charge in [0.2, 0.25) is 5.91 Å². The Kier molecular flexibility index (Phi) is 8.86. The highest BCUT2D eigenvalue weighted by atomic mass is 19.1. The molecule has 3 atom stereocenters. The molecule has 174 valence electrons. The van der Waals surface area contributed by atoms with Gasteiger partial charge >= 0.3 is 5.97 Å². The van der Waals surface area contributed by atoms with Crippen molar-refractivity contribution in [2.45, 2.75) is 57.7 Å². The highest BCUT2D eigenvalue weighted by molar-refractivity contribution is 5.73. The van der Waals surface area contributed by atoms with Crippen LogP contribution in [0.15, 0.2) is 42.5 Å². The smallest absolute Gasteiger partial charge is 0.305 e. The van der Waals surface area contributed by atoms with E-state index in [4.69, 9.17) is 0 Å². The Labute approximate surface area is 186 Å². The molecular weight excluding hydrogens is 418 g/mol. The first kappa shape index (κ1) is 25.4. The molecule has 0 saturated heterocycles. The lowest BCUT2D eigenvalue weighted by Gasteiger charge is -2.33. The largest absolute Gasteiger partial charge is 0.481 e. The number of rotatable bonds is 11. The van der Waals surface area contributed by atoms with Gasteiger partial charge in [0.15, 0.2) is 0 Å². The van der Waals surface area contributed by atoms with Crippen molar-refractivity contribution < 1.29 is 28.6 Å². The summed E-state index contributed by atoms with van der Waals surface area (Å²) in [4.78, 5) is 23.2. The summed E-state index contributed by atoms with van der Waals surface area (Å²) in [6, 6.07) is 9.74. The fourth-order valence-electron chi connectivity index (χ4n) is 3.70. The highest BCUT2D eigenvalue weighted by Crippen LogP contribution is 2.26. The minimum absolute atomic E-state index is 0.00191. The van der Waals surface area contributed by atoms with Crippen LogP contribution in [0, 0.1) is 11.6 Å². The second-order valence-electron chi connectivity index (χ2n) is 8.19. The average Bonchev–Trinajstić information content (AvgIpc) is 2.70. The Morgan fingerprint density at radius 2 is 1.75 bits per heavy atom. The molecule has 0 heterocycles. The molecule has 32 heavy (non-hydrogen) atoms. The number of nitrogens with one attached hydrogen (secondary N) is 2. The molecule has 0 bridgehead atoms. The molecular formula is C24H30F2N2O4. The number of benzene rings is 2. The van der Waals surface area contributed by atoms with E-state index in [-0.39, 0.29) is 24.9 Å². The minimum Gasteiger partial charge on any atom is -0.481 e. The number of aliphatic hydroxyl groups is 1. The van der Waals surface area contributed by atoms with Gasteiger partial charge in [0, 0.05) is 19.5 Å². The van der Waals surface area contributed by atoms with Crippen LogP contribution in [0.25, 0.3) is 0 Å². The van der Waals surface area contributed by atoms with Gasteiger partial charge in [-0.2, -0.15) is 0 Å². The van der Waals surface area contributed by atoms with Crippen molar-refractivity contribution >= 4 is 11.9 Å². The predicted molar refractivity (Wildman–Crippen MR) is 117 cm³/mol. The van der Waals surface area contributed by atoms with E-state index >= 15 is 0 Å². The molecule has 0 spiro atoms. The van der Waals surface area contributed by atoms with Crippen molar-refractivity contribution in [2.24, 2.45) is 0 Å². The fourth-order valence-corrected chi connectivity index (χ4v) is 3.70. The van der Waals surface area contributed by atoms with Crippen molar-refractivity contribution in [3.8, 4) is 0 Å². The molecule has 2 aromatic rings. The highest BCUT2D eigenvalue weighted by Gasteiger charge is 2.31. The van der Waals surface area contributed by atoms with Gasteiger partial charge in [-0.1, -0.05) is 31.2 Å². The van der Waals surface area contributed by atoms with Gasteiger partial charge in [0.1, 0.15) is 11.6 Å². The van der Waals surface area contributed by atoms with Gasteiger partial charge in [0.25, 0.3) is 0 Å². The zero-order chi connectivity index (χ0) is 23.9. The van der Waals surface area contributed by atoms with Gasteiger partial charge in [-0.3, -0.25) is 9.59 Å². The van der Waals surface area contributed by atoms with Crippen molar-refractivity contribution in [3.63, 3.8) is 0 Å². The van der Waals surface area contributed by atoms with Crippen LogP contribution >= 0.6 is 0 Å². The van der Waals surface area contributed by atoms with Crippen molar-refractivity contribution in [1.82, 2.24) is 10.6 Å².